The highest BCUT2D eigenvalue weighted by Gasteiger charge is 2.38. The predicted octanol–water partition coefficient (Wildman–Crippen LogP) is 3.78. The van der Waals surface area contributed by atoms with Gasteiger partial charge in [-0.05, 0) is 43.4 Å². The highest BCUT2D eigenvalue weighted by Crippen LogP contribution is 2.43. The molecule has 1 aromatic heterocycles. The maximum absolute atomic E-state index is 13.0. The third-order valence-electron chi connectivity index (χ3n) is 5.64. The molecule has 0 bridgehead atoms. The summed E-state index contributed by atoms with van der Waals surface area (Å²) in [7, 11) is 1.37. The third-order valence-corrected chi connectivity index (χ3v) is 5.64. The molecule has 2 heterocycles. The van der Waals surface area contributed by atoms with Gasteiger partial charge in [0.2, 0.25) is 5.88 Å². The second-order valence-electron chi connectivity index (χ2n) is 8.42. The van der Waals surface area contributed by atoms with Crippen LogP contribution in [0, 0.1) is 12.8 Å². The topological polar surface area (TPSA) is 112 Å². The van der Waals surface area contributed by atoms with Gasteiger partial charge in [-0.3, -0.25) is 4.79 Å². The molecule has 4 N–H and O–H groups in total. The van der Waals surface area contributed by atoms with Crippen molar-refractivity contribution in [1.82, 2.24) is 0 Å². The van der Waals surface area contributed by atoms with E-state index in [1.165, 1.54) is 13.2 Å². The van der Waals surface area contributed by atoms with Crippen LogP contribution < -0.4 is 16.4 Å². The number of carbonyl (C=O) groups is 2. The van der Waals surface area contributed by atoms with E-state index in [9.17, 15) is 9.59 Å². The van der Waals surface area contributed by atoms with Gasteiger partial charge in [0, 0.05) is 23.9 Å². The Labute approximate surface area is 188 Å². The van der Waals surface area contributed by atoms with Crippen LogP contribution in [0.3, 0.4) is 0 Å². The van der Waals surface area contributed by atoms with E-state index >= 15 is 0 Å². The van der Waals surface area contributed by atoms with E-state index in [4.69, 9.17) is 20.6 Å². The zero-order valence-electron chi connectivity index (χ0n) is 19.3. The monoisotopic (exact) mass is 437 g/mol. The van der Waals surface area contributed by atoms with Crippen molar-refractivity contribution >= 4 is 23.3 Å². The van der Waals surface area contributed by atoms with Crippen LogP contribution in [0.2, 0.25) is 0 Å². The lowest BCUT2D eigenvalue weighted by Crippen LogP contribution is -2.42. The normalized spacial score (nSPS) is 16.7. The molecule has 1 unspecified atom stereocenters. The van der Waals surface area contributed by atoms with Crippen molar-refractivity contribution in [2.75, 3.05) is 18.6 Å². The van der Waals surface area contributed by atoms with Crippen LogP contribution in [0.4, 0.5) is 5.88 Å². The molecule has 32 heavy (non-hydrogen) atoms. The zero-order chi connectivity index (χ0) is 23.6. The highest BCUT2D eigenvalue weighted by atomic mass is 16.5. The predicted molar refractivity (Wildman–Crippen MR) is 125 cm³/mol. The number of esters is 1. The maximum atomic E-state index is 13.0. The van der Waals surface area contributed by atoms with Crippen molar-refractivity contribution < 1.29 is 18.7 Å². The fourth-order valence-corrected chi connectivity index (χ4v) is 4.20. The number of nitrogens with zero attached hydrogens (tertiary/aromatic N) is 1. The van der Waals surface area contributed by atoms with Crippen molar-refractivity contribution in [3.63, 3.8) is 0 Å². The Balaban J connectivity index is 2.32. The molecular weight excluding hydrogens is 406 g/mol. The SMILES string of the molecule is COC(=O)C1=C(c2ccc(C)cc2)C(CN)=C(CC(C)C)N(c2ccc(C(N)=O)o2)C1C. The lowest BCUT2D eigenvalue weighted by molar-refractivity contribution is -0.136. The number of carbonyl (C=O) groups excluding carboxylic acids is 2. The molecule has 1 aliphatic rings. The largest absolute Gasteiger partial charge is 0.466 e. The number of ether oxygens (including phenoxy) is 1. The van der Waals surface area contributed by atoms with Gasteiger partial charge < -0.3 is 25.5 Å². The molecule has 0 radical (unpaired) electrons. The van der Waals surface area contributed by atoms with E-state index in [0.717, 1.165) is 28.0 Å². The molecule has 0 spiro atoms. The van der Waals surface area contributed by atoms with Crippen molar-refractivity contribution in [2.45, 2.75) is 40.2 Å². The Morgan fingerprint density at radius 3 is 2.31 bits per heavy atom. The Kier molecular flexibility index (Phi) is 6.89. The molecule has 1 atom stereocenters. The van der Waals surface area contributed by atoms with Crippen molar-refractivity contribution in [2.24, 2.45) is 17.4 Å². The number of hydrogen-bond acceptors (Lipinski definition) is 6. The molecule has 7 nitrogen and oxygen atoms in total. The third kappa shape index (κ3) is 4.34. The number of methoxy groups -OCH3 is 1. The summed E-state index contributed by atoms with van der Waals surface area (Å²) in [6.07, 6.45) is 0.702. The second-order valence-corrected chi connectivity index (χ2v) is 8.42. The number of amides is 1. The molecule has 0 saturated carbocycles. The Morgan fingerprint density at radius 2 is 1.81 bits per heavy atom. The summed E-state index contributed by atoms with van der Waals surface area (Å²) >= 11 is 0. The first-order chi connectivity index (χ1) is 15.2. The Morgan fingerprint density at radius 1 is 1.16 bits per heavy atom. The van der Waals surface area contributed by atoms with Gasteiger partial charge in [-0.25, -0.2) is 4.79 Å². The standard InChI is InChI=1S/C25H31N3O4/c1-14(2)12-19-18(13-26)23(17-8-6-15(3)7-9-17)22(25(30)31-5)16(4)28(19)21-11-10-20(32-21)24(27)29/h6-11,14,16H,12-13,26H2,1-5H3,(H2,27,29). The van der Waals surface area contributed by atoms with Crippen LogP contribution in [0.5, 0.6) is 0 Å². The van der Waals surface area contributed by atoms with Gasteiger partial charge >= 0.3 is 5.97 Å². The lowest BCUT2D eigenvalue weighted by Gasteiger charge is -2.40. The number of benzene rings is 1. The summed E-state index contributed by atoms with van der Waals surface area (Å²) in [6, 6.07) is 10.8. The van der Waals surface area contributed by atoms with Crippen LogP contribution in [-0.4, -0.2) is 31.6 Å². The number of aryl methyl sites for hydroxylation is 1. The quantitative estimate of drug-likeness (QED) is 0.638. The van der Waals surface area contributed by atoms with E-state index in [-0.39, 0.29) is 12.3 Å². The maximum Gasteiger partial charge on any atom is 0.336 e. The Bertz CT molecular complexity index is 1080. The molecular formula is C25H31N3O4. The minimum absolute atomic E-state index is 0.0540. The molecule has 1 aliphatic heterocycles. The molecule has 0 fully saturated rings. The number of furan rings is 1. The second kappa shape index (κ2) is 9.44. The summed E-state index contributed by atoms with van der Waals surface area (Å²) in [5.74, 6) is -0.297. The summed E-state index contributed by atoms with van der Waals surface area (Å²) in [5.41, 5.74) is 16.8. The van der Waals surface area contributed by atoms with Crippen molar-refractivity contribution in [3.05, 3.63) is 70.1 Å². The first-order valence-corrected chi connectivity index (χ1v) is 10.7. The van der Waals surface area contributed by atoms with Gasteiger partial charge in [-0.15, -0.1) is 0 Å². The van der Waals surface area contributed by atoms with E-state index in [0.29, 0.717) is 23.8 Å². The van der Waals surface area contributed by atoms with Gasteiger partial charge in [0.05, 0.1) is 18.7 Å². The minimum atomic E-state index is -0.654. The van der Waals surface area contributed by atoms with E-state index in [2.05, 4.69) is 13.8 Å². The van der Waals surface area contributed by atoms with Crippen LogP contribution in [0.15, 0.2) is 57.7 Å². The van der Waals surface area contributed by atoms with Gasteiger partial charge in [-0.1, -0.05) is 43.7 Å². The molecule has 1 amide bonds. The smallest absolute Gasteiger partial charge is 0.336 e. The highest BCUT2D eigenvalue weighted by molar-refractivity contribution is 6.05. The molecule has 0 saturated heterocycles. The van der Waals surface area contributed by atoms with Crippen molar-refractivity contribution in [3.8, 4) is 0 Å². The number of rotatable bonds is 7. The average molecular weight is 438 g/mol. The molecule has 0 aliphatic carbocycles. The number of allylic oxidation sites excluding steroid dienone is 1. The van der Waals surface area contributed by atoms with Crippen LogP contribution in [0.25, 0.3) is 5.57 Å². The molecule has 3 rings (SSSR count). The molecule has 2 aromatic rings. The van der Waals surface area contributed by atoms with Gasteiger partial charge in [0.25, 0.3) is 5.91 Å². The van der Waals surface area contributed by atoms with E-state index in [1.807, 2.05) is 43.0 Å². The molecule has 170 valence electrons. The van der Waals surface area contributed by atoms with Crippen LogP contribution in [0.1, 0.15) is 48.9 Å². The minimum Gasteiger partial charge on any atom is -0.466 e. The average Bonchev–Trinajstić information content (AvgIpc) is 3.23. The fourth-order valence-electron chi connectivity index (χ4n) is 4.20. The van der Waals surface area contributed by atoms with Gasteiger partial charge in [0.1, 0.15) is 0 Å². The summed E-state index contributed by atoms with van der Waals surface area (Å²) in [6.45, 7) is 8.39. The number of nitrogens with two attached hydrogens (primary N) is 2. The molecule has 7 heteroatoms. The summed E-state index contributed by atoms with van der Waals surface area (Å²) in [5, 5.41) is 0. The summed E-state index contributed by atoms with van der Waals surface area (Å²) in [4.78, 5) is 26.6. The fraction of sp³-hybridized carbons (Fsp3) is 0.360. The van der Waals surface area contributed by atoms with Crippen molar-refractivity contribution in [1.29, 1.82) is 0 Å². The number of hydrogen-bond donors (Lipinski definition) is 2. The van der Waals surface area contributed by atoms with E-state index < -0.39 is 17.9 Å². The molecule has 1 aromatic carbocycles. The lowest BCUT2D eigenvalue weighted by atomic mass is 9.82. The van der Waals surface area contributed by atoms with Gasteiger partial charge in [0.15, 0.2) is 5.76 Å². The van der Waals surface area contributed by atoms with Crippen LogP contribution >= 0.6 is 0 Å². The van der Waals surface area contributed by atoms with Gasteiger partial charge in [-0.2, -0.15) is 0 Å². The van der Waals surface area contributed by atoms with E-state index in [1.54, 1.807) is 6.07 Å². The number of primary amides is 1. The Hall–Kier alpha value is -3.32. The first-order valence-electron chi connectivity index (χ1n) is 10.7. The van der Waals surface area contributed by atoms with Crippen LogP contribution in [-0.2, 0) is 9.53 Å². The number of anilines is 1. The first kappa shape index (κ1) is 23.3. The zero-order valence-corrected chi connectivity index (χ0v) is 19.3. The summed E-state index contributed by atoms with van der Waals surface area (Å²) < 4.78 is 11.0.